The van der Waals surface area contributed by atoms with Crippen molar-refractivity contribution < 1.29 is 4.84 Å². The van der Waals surface area contributed by atoms with Crippen LogP contribution in [-0.2, 0) is 4.84 Å². The number of benzene rings is 2. The van der Waals surface area contributed by atoms with Crippen molar-refractivity contribution in [2.45, 2.75) is 26.2 Å². The molecule has 0 amide bonds. The van der Waals surface area contributed by atoms with Crippen molar-refractivity contribution in [1.29, 1.82) is 0 Å². The molecule has 0 unspecified atom stereocenters. The number of allylic oxidation sites excluding steroid dienone is 2. The molecule has 22 heavy (non-hydrogen) atoms. The van der Waals surface area contributed by atoms with Crippen LogP contribution in [0.2, 0.25) is 0 Å². The maximum atomic E-state index is 5.77. The molecule has 2 nitrogen and oxygen atoms in total. The second-order valence-corrected chi connectivity index (χ2v) is 5.58. The molecule has 0 heterocycles. The standard InChI is InChI=1S/C20H19NO/c1-4-15-12-13-16-9-5-6-10-17(16)20(15)19-14(2)8-7-11-18(19)21-22-3/h1,5-6,9-10,12-13H,7-8,11H2,2-3H3/b21-18+. The monoisotopic (exact) mass is 289 g/mol. The van der Waals surface area contributed by atoms with Crippen LogP contribution < -0.4 is 0 Å². The average molecular weight is 289 g/mol. The zero-order valence-corrected chi connectivity index (χ0v) is 13.0. The summed E-state index contributed by atoms with van der Waals surface area (Å²) in [7, 11) is 1.60. The number of rotatable bonds is 2. The molecule has 110 valence electrons. The molecule has 0 aliphatic heterocycles. The van der Waals surface area contributed by atoms with Gasteiger partial charge >= 0.3 is 0 Å². The zero-order valence-electron chi connectivity index (χ0n) is 13.0. The van der Waals surface area contributed by atoms with Crippen molar-refractivity contribution in [2.24, 2.45) is 5.16 Å². The Balaban J connectivity index is 2.37. The van der Waals surface area contributed by atoms with Gasteiger partial charge in [-0.05, 0) is 43.0 Å². The summed E-state index contributed by atoms with van der Waals surface area (Å²) in [5.74, 6) is 2.84. The molecule has 0 spiro atoms. The summed E-state index contributed by atoms with van der Waals surface area (Å²) < 4.78 is 0. The number of hydrogen-bond acceptors (Lipinski definition) is 2. The van der Waals surface area contributed by atoms with Gasteiger partial charge in [0.15, 0.2) is 0 Å². The van der Waals surface area contributed by atoms with Gasteiger partial charge < -0.3 is 4.84 Å². The number of fused-ring (bicyclic) bond motifs is 1. The third-order valence-corrected chi connectivity index (χ3v) is 4.22. The van der Waals surface area contributed by atoms with Crippen molar-refractivity contribution in [1.82, 2.24) is 0 Å². The molecule has 2 aromatic rings. The highest BCUT2D eigenvalue weighted by Crippen LogP contribution is 2.36. The van der Waals surface area contributed by atoms with Gasteiger partial charge in [-0.3, -0.25) is 0 Å². The van der Waals surface area contributed by atoms with E-state index >= 15 is 0 Å². The minimum absolute atomic E-state index is 0.916. The van der Waals surface area contributed by atoms with Crippen LogP contribution in [0.5, 0.6) is 0 Å². The average Bonchev–Trinajstić information content (AvgIpc) is 2.55. The Hall–Kier alpha value is -2.53. The van der Waals surface area contributed by atoms with Gasteiger partial charge in [0.25, 0.3) is 0 Å². The summed E-state index contributed by atoms with van der Waals surface area (Å²) in [5.41, 5.74) is 5.53. The van der Waals surface area contributed by atoms with Gasteiger partial charge in [-0.2, -0.15) is 0 Å². The highest BCUT2D eigenvalue weighted by Gasteiger charge is 2.22. The first kappa shape index (κ1) is 14.4. The van der Waals surface area contributed by atoms with Crippen molar-refractivity contribution in [3.63, 3.8) is 0 Å². The molecule has 0 saturated carbocycles. The molecule has 0 fully saturated rings. The first-order valence-corrected chi connectivity index (χ1v) is 7.55. The minimum Gasteiger partial charge on any atom is -0.399 e. The first-order valence-electron chi connectivity index (χ1n) is 7.55. The fourth-order valence-electron chi connectivity index (χ4n) is 3.24. The van der Waals surface area contributed by atoms with E-state index in [4.69, 9.17) is 11.3 Å². The summed E-state index contributed by atoms with van der Waals surface area (Å²) >= 11 is 0. The predicted molar refractivity (Wildman–Crippen MR) is 92.8 cm³/mol. The van der Waals surface area contributed by atoms with E-state index in [0.29, 0.717) is 0 Å². The van der Waals surface area contributed by atoms with Crippen LogP contribution in [-0.4, -0.2) is 12.8 Å². The molecule has 0 atom stereocenters. The van der Waals surface area contributed by atoms with Gasteiger partial charge in [-0.1, -0.05) is 47.0 Å². The van der Waals surface area contributed by atoms with Crippen LogP contribution >= 0.6 is 0 Å². The molecule has 0 radical (unpaired) electrons. The fourth-order valence-corrected chi connectivity index (χ4v) is 3.24. The van der Waals surface area contributed by atoms with Crippen molar-refractivity contribution >= 4 is 22.1 Å². The van der Waals surface area contributed by atoms with Crippen LogP contribution in [0.1, 0.15) is 37.3 Å². The maximum Gasteiger partial charge on any atom is 0.106 e. The molecule has 0 aromatic heterocycles. The lowest BCUT2D eigenvalue weighted by Crippen LogP contribution is -2.12. The molecule has 3 rings (SSSR count). The second-order valence-electron chi connectivity index (χ2n) is 5.58. The summed E-state index contributed by atoms with van der Waals surface area (Å²) in [5, 5.41) is 6.64. The third kappa shape index (κ3) is 2.40. The highest BCUT2D eigenvalue weighted by molar-refractivity contribution is 6.28. The van der Waals surface area contributed by atoms with Gasteiger partial charge in [-0.25, -0.2) is 0 Å². The predicted octanol–water partition coefficient (Wildman–Crippen LogP) is 4.78. The third-order valence-electron chi connectivity index (χ3n) is 4.22. The van der Waals surface area contributed by atoms with Crippen molar-refractivity contribution in [3.8, 4) is 12.3 Å². The molecule has 1 aliphatic rings. The summed E-state index contributed by atoms with van der Waals surface area (Å²) in [6, 6.07) is 12.5. The highest BCUT2D eigenvalue weighted by atomic mass is 16.6. The summed E-state index contributed by atoms with van der Waals surface area (Å²) in [6.07, 6.45) is 8.87. The van der Waals surface area contributed by atoms with E-state index < -0.39 is 0 Å². The molecule has 0 N–H and O–H groups in total. The number of nitrogens with zero attached hydrogens (tertiary/aromatic N) is 1. The van der Waals surface area contributed by atoms with Crippen LogP contribution in [0.4, 0.5) is 0 Å². The van der Waals surface area contributed by atoms with Gasteiger partial charge in [-0.15, -0.1) is 6.42 Å². The lowest BCUT2D eigenvalue weighted by molar-refractivity contribution is 0.213. The lowest BCUT2D eigenvalue weighted by Gasteiger charge is -2.22. The maximum absolute atomic E-state index is 5.77. The van der Waals surface area contributed by atoms with Crippen LogP contribution in [0, 0.1) is 12.3 Å². The van der Waals surface area contributed by atoms with E-state index in [-0.39, 0.29) is 0 Å². The minimum atomic E-state index is 0.916. The smallest absolute Gasteiger partial charge is 0.106 e. The normalized spacial score (nSPS) is 16.9. The zero-order chi connectivity index (χ0) is 15.5. The van der Waals surface area contributed by atoms with E-state index in [1.807, 2.05) is 12.1 Å². The van der Waals surface area contributed by atoms with Crippen LogP contribution in [0.15, 0.2) is 47.1 Å². The Morgan fingerprint density at radius 3 is 2.73 bits per heavy atom. The Bertz CT molecular complexity index is 821. The molecule has 0 saturated heterocycles. The number of hydrogen-bond donors (Lipinski definition) is 0. The topological polar surface area (TPSA) is 21.6 Å². The first-order chi connectivity index (χ1) is 10.8. The van der Waals surface area contributed by atoms with E-state index in [2.05, 4.69) is 42.3 Å². The van der Waals surface area contributed by atoms with Gasteiger partial charge in [0.1, 0.15) is 7.11 Å². The summed E-state index contributed by atoms with van der Waals surface area (Å²) in [6.45, 7) is 2.17. The SMILES string of the molecule is C#Cc1ccc2ccccc2c1C1=C(C)CCC/C1=N\OC. The molecule has 0 bridgehead atoms. The molecule has 2 aromatic carbocycles. The fraction of sp³-hybridized carbons (Fsp3) is 0.250. The second kappa shape index (κ2) is 6.07. The Morgan fingerprint density at radius 2 is 1.95 bits per heavy atom. The summed E-state index contributed by atoms with van der Waals surface area (Å²) in [4.78, 5) is 5.07. The van der Waals surface area contributed by atoms with Gasteiger partial charge in [0.2, 0.25) is 0 Å². The molecule has 2 heteroatoms. The van der Waals surface area contributed by atoms with Crippen molar-refractivity contribution in [2.75, 3.05) is 7.11 Å². The van der Waals surface area contributed by atoms with Gasteiger partial charge in [0, 0.05) is 16.7 Å². The lowest BCUT2D eigenvalue weighted by atomic mass is 9.82. The van der Waals surface area contributed by atoms with Crippen LogP contribution in [0.25, 0.3) is 16.3 Å². The van der Waals surface area contributed by atoms with Crippen LogP contribution in [0.3, 0.4) is 0 Å². The molecular formula is C20H19NO. The van der Waals surface area contributed by atoms with E-state index in [0.717, 1.165) is 41.7 Å². The largest absolute Gasteiger partial charge is 0.399 e. The Kier molecular flexibility index (Phi) is 3.98. The van der Waals surface area contributed by atoms with Gasteiger partial charge in [0.05, 0.1) is 5.71 Å². The van der Waals surface area contributed by atoms with E-state index in [1.54, 1.807) is 7.11 Å². The Morgan fingerprint density at radius 1 is 1.14 bits per heavy atom. The molecule has 1 aliphatic carbocycles. The van der Waals surface area contributed by atoms with E-state index in [9.17, 15) is 0 Å². The van der Waals surface area contributed by atoms with Crippen molar-refractivity contribution in [3.05, 3.63) is 53.1 Å². The quantitative estimate of drug-likeness (QED) is 0.576. The van der Waals surface area contributed by atoms with E-state index in [1.165, 1.54) is 16.3 Å². The number of oxime groups is 1. The number of terminal acetylenes is 1. The Labute approximate surface area is 131 Å². The molecular weight excluding hydrogens is 270 g/mol.